The van der Waals surface area contributed by atoms with Gasteiger partial charge in [-0.3, -0.25) is 9.78 Å². The quantitative estimate of drug-likeness (QED) is 0.931. The predicted molar refractivity (Wildman–Crippen MR) is 94.9 cm³/mol. The van der Waals surface area contributed by atoms with Crippen LogP contribution in [0.25, 0.3) is 10.9 Å². The standard InChI is InChI=1S/C20H22N2O3/c1-11-8-12(2)18-14(9-11)15(10-16(21-18)13-5-6-13)19(23)22-7-3-4-17(22)20(24)25/h8-10,13,17H,3-7H2,1-2H3,(H,24,25). The Bertz CT molecular complexity index is 886. The van der Waals surface area contributed by atoms with Crippen molar-refractivity contribution in [2.45, 2.75) is 51.5 Å². The first kappa shape index (κ1) is 16.1. The van der Waals surface area contributed by atoms with Crippen molar-refractivity contribution in [2.24, 2.45) is 0 Å². The topological polar surface area (TPSA) is 70.5 Å². The van der Waals surface area contributed by atoms with Crippen molar-refractivity contribution in [2.75, 3.05) is 6.54 Å². The predicted octanol–water partition coefficient (Wildman–Crippen LogP) is 3.42. The van der Waals surface area contributed by atoms with Crippen molar-refractivity contribution < 1.29 is 14.7 Å². The van der Waals surface area contributed by atoms with E-state index in [0.29, 0.717) is 24.4 Å². The number of benzene rings is 1. The third-order valence-electron chi connectivity index (χ3n) is 5.29. The van der Waals surface area contributed by atoms with Gasteiger partial charge in [-0.05, 0) is 57.2 Å². The molecule has 1 saturated carbocycles. The molecule has 4 rings (SSSR count). The molecule has 1 unspecified atom stereocenters. The van der Waals surface area contributed by atoms with E-state index in [1.807, 2.05) is 26.0 Å². The highest BCUT2D eigenvalue weighted by Crippen LogP contribution is 2.41. The van der Waals surface area contributed by atoms with Gasteiger partial charge in [0.15, 0.2) is 0 Å². The van der Waals surface area contributed by atoms with Crippen LogP contribution in [0.2, 0.25) is 0 Å². The van der Waals surface area contributed by atoms with Gasteiger partial charge in [-0.2, -0.15) is 0 Å². The fourth-order valence-electron chi connectivity index (χ4n) is 3.89. The Kier molecular flexibility index (Phi) is 3.74. The summed E-state index contributed by atoms with van der Waals surface area (Å²) in [6, 6.07) is 5.26. The fourth-order valence-corrected chi connectivity index (χ4v) is 3.89. The molecular weight excluding hydrogens is 316 g/mol. The van der Waals surface area contributed by atoms with Crippen LogP contribution in [-0.4, -0.2) is 39.5 Å². The van der Waals surface area contributed by atoms with Crippen LogP contribution in [0.15, 0.2) is 18.2 Å². The molecule has 1 saturated heterocycles. The number of nitrogens with zero attached hydrogens (tertiary/aromatic N) is 2. The summed E-state index contributed by atoms with van der Waals surface area (Å²) in [6.45, 7) is 4.53. The summed E-state index contributed by atoms with van der Waals surface area (Å²) < 4.78 is 0. The number of amides is 1. The number of likely N-dealkylation sites (tertiary alicyclic amines) is 1. The Balaban J connectivity index is 1.87. The number of carboxylic acids is 1. The lowest BCUT2D eigenvalue weighted by Crippen LogP contribution is -2.40. The maximum atomic E-state index is 13.2. The molecule has 1 amide bonds. The number of hydrogen-bond acceptors (Lipinski definition) is 3. The number of aryl methyl sites for hydroxylation is 2. The van der Waals surface area contributed by atoms with Crippen molar-refractivity contribution in [3.63, 3.8) is 0 Å². The molecule has 1 atom stereocenters. The molecule has 2 aromatic rings. The number of fused-ring (bicyclic) bond motifs is 1. The van der Waals surface area contributed by atoms with Crippen molar-refractivity contribution in [3.05, 3.63) is 40.6 Å². The molecule has 5 heteroatoms. The van der Waals surface area contributed by atoms with Crippen LogP contribution in [0.1, 0.15) is 58.8 Å². The second-order valence-corrected chi connectivity index (χ2v) is 7.34. The van der Waals surface area contributed by atoms with Crippen molar-refractivity contribution in [1.82, 2.24) is 9.88 Å². The molecule has 1 aromatic heterocycles. The molecule has 0 bridgehead atoms. The van der Waals surface area contributed by atoms with Gasteiger partial charge >= 0.3 is 5.97 Å². The number of carbonyl (C=O) groups is 2. The van der Waals surface area contributed by atoms with Crippen molar-refractivity contribution in [1.29, 1.82) is 0 Å². The Morgan fingerprint density at radius 2 is 1.92 bits per heavy atom. The smallest absolute Gasteiger partial charge is 0.326 e. The Morgan fingerprint density at radius 1 is 1.16 bits per heavy atom. The average Bonchev–Trinajstić information content (AvgIpc) is 3.29. The van der Waals surface area contributed by atoms with E-state index in [4.69, 9.17) is 4.98 Å². The molecular formula is C20H22N2O3. The normalized spacial score (nSPS) is 20.2. The first-order valence-corrected chi connectivity index (χ1v) is 8.91. The van der Waals surface area contributed by atoms with E-state index in [-0.39, 0.29) is 5.91 Å². The number of carboxylic acid groups (broad SMARTS) is 1. The lowest BCUT2D eigenvalue weighted by molar-refractivity contribution is -0.141. The SMILES string of the molecule is Cc1cc(C)c2nc(C3CC3)cc(C(=O)N3CCCC3C(=O)O)c2c1. The average molecular weight is 338 g/mol. The van der Waals surface area contributed by atoms with Gasteiger partial charge in [-0.25, -0.2) is 4.79 Å². The van der Waals surface area contributed by atoms with E-state index >= 15 is 0 Å². The maximum Gasteiger partial charge on any atom is 0.326 e. The zero-order valence-electron chi connectivity index (χ0n) is 14.6. The van der Waals surface area contributed by atoms with E-state index in [0.717, 1.165) is 47.0 Å². The summed E-state index contributed by atoms with van der Waals surface area (Å²) in [4.78, 5) is 31.1. The first-order chi connectivity index (χ1) is 12.0. The van der Waals surface area contributed by atoms with Gasteiger partial charge in [-0.1, -0.05) is 11.6 Å². The van der Waals surface area contributed by atoms with E-state index in [1.54, 1.807) is 0 Å². The number of pyridine rings is 1. The van der Waals surface area contributed by atoms with Crippen LogP contribution < -0.4 is 0 Å². The molecule has 0 spiro atoms. The van der Waals surface area contributed by atoms with Crippen LogP contribution in [0.4, 0.5) is 0 Å². The van der Waals surface area contributed by atoms with E-state index in [9.17, 15) is 14.7 Å². The molecule has 130 valence electrons. The van der Waals surface area contributed by atoms with E-state index in [2.05, 4.69) is 6.07 Å². The summed E-state index contributed by atoms with van der Waals surface area (Å²) in [7, 11) is 0. The van der Waals surface area contributed by atoms with Gasteiger partial charge in [0.1, 0.15) is 6.04 Å². The van der Waals surface area contributed by atoms with Gasteiger partial charge in [0.05, 0.1) is 11.1 Å². The van der Waals surface area contributed by atoms with Crippen LogP contribution in [0.3, 0.4) is 0 Å². The highest BCUT2D eigenvalue weighted by molar-refractivity contribution is 6.08. The Labute approximate surface area is 146 Å². The Hall–Kier alpha value is -2.43. The molecule has 0 radical (unpaired) electrons. The molecule has 2 fully saturated rings. The molecule has 1 aliphatic heterocycles. The second-order valence-electron chi connectivity index (χ2n) is 7.34. The third-order valence-corrected chi connectivity index (χ3v) is 5.29. The second kappa shape index (κ2) is 5.83. The van der Waals surface area contributed by atoms with Gasteiger partial charge in [0.25, 0.3) is 5.91 Å². The zero-order valence-corrected chi connectivity index (χ0v) is 14.6. The lowest BCUT2D eigenvalue weighted by atomic mass is 9.99. The van der Waals surface area contributed by atoms with Crippen molar-refractivity contribution in [3.8, 4) is 0 Å². The summed E-state index contributed by atoms with van der Waals surface area (Å²) in [5.41, 5.74) is 4.57. The first-order valence-electron chi connectivity index (χ1n) is 8.91. The fraction of sp³-hybridized carbons (Fsp3) is 0.450. The molecule has 1 N–H and O–H groups in total. The highest BCUT2D eigenvalue weighted by atomic mass is 16.4. The minimum Gasteiger partial charge on any atom is -0.480 e. The highest BCUT2D eigenvalue weighted by Gasteiger charge is 2.36. The number of aliphatic carboxylic acids is 1. The van der Waals surface area contributed by atoms with E-state index < -0.39 is 12.0 Å². The van der Waals surface area contributed by atoms with Gasteiger partial charge in [0, 0.05) is 23.5 Å². The van der Waals surface area contributed by atoms with Crippen molar-refractivity contribution >= 4 is 22.8 Å². The minimum atomic E-state index is -0.918. The number of hydrogen-bond donors (Lipinski definition) is 1. The van der Waals surface area contributed by atoms with Crippen LogP contribution in [-0.2, 0) is 4.79 Å². The monoisotopic (exact) mass is 338 g/mol. The molecule has 1 aromatic carbocycles. The van der Waals surface area contributed by atoms with Gasteiger partial charge in [0.2, 0.25) is 0 Å². The zero-order chi connectivity index (χ0) is 17.7. The summed E-state index contributed by atoms with van der Waals surface area (Å²) in [5.74, 6) is -0.659. The van der Waals surface area contributed by atoms with Crippen LogP contribution >= 0.6 is 0 Å². The molecule has 5 nitrogen and oxygen atoms in total. The minimum absolute atomic E-state index is 0.177. The summed E-state index contributed by atoms with van der Waals surface area (Å²) in [5, 5.41) is 10.3. The maximum absolute atomic E-state index is 13.2. The number of carbonyl (C=O) groups excluding carboxylic acids is 1. The van der Waals surface area contributed by atoms with Gasteiger partial charge < -0.3 is 10.0 Å². The van der Waals surface area contributed by atoms with E-state index in [1.165, 1.54) is 4.90 Å². The largest absolute Gasteiger partial charge is 0.480 e. The Morgan fingerprint density at radius 3 is 2.60 bits per heavy atom. The molecule has 1 aliphatic carbocycles. The third kappa shape index (κ3) is 2.77. The number of aromatic nitrogens is 1. The molecule has 25 heavy (non-hydrogen) atoms. The van der Waals surface area contributed by atoms with Gasteiger partial charge in [-0.15, -0.1) is 0 Å². The number of rotatable bonds is 3. The molecule has 2 heterocycles. The van der Waals surface area contributed by atoms with Crippen LogP contribution in [0, 0.1) is 13.8 Å². The van der Waals surface area contributed by atoms with Crippen LogP contribution in [0.5, 0.6) is 0 Å². The summed E-state index contributed by atoms with van der Waals surface area (Å²) in [6.07, 6.45) is 3.48. The summed E-state index contributed by atoms with van der Waals surface area (Å²) >= 11 is 0. The molecule has 2 aliphatic rings. The lowest BCUT2D eigenvalue weighted by Gasteiger charge is -2.23.